The monoisotopic (exact) mass is 541 g/mol. The number of fused-ring (bicyclic) bond motifs is 1. The number of aromatic nitrogens is 1. The van der Waals surface area contributed by atoms with E-state index in [1.54, 1.807) is 24.3 Å². The minimum atomic E-state index is -0.457. The number of halogens is 2. The summed E-state index contributed by atoms with van der Waals surface area (Å²) in [6, 6.07) is 11.9. The molecule has 1 aromatic heterocycles. The Bertz CT molecular complexity index is 1350. The van der Waals surface area contributed by atoms with Gasteiger partial charge in [-0.05, 0) is 54.9 Å². The maximum Gasteiger partial charge on any atom is 0.293 e. The summed E-state index contributed by atoms with van der Waals surface area (Å²) in [6.45, 7) is 1.66. The van der Waals surface area contributed by atoms with Gasteiger partial charge >= 0.3 is 0 Å². The number of hydrogen-bond acceptors (Lipinski definition) is 4. The standard InChI is InChI=1S/C25H21BrFN3O3S/c26-18-7-8-21-19(12-18)17(13-29(21)15-23(31)28-9-3-4-10-28)11-22-24(32)30(25(33)34-22)14-16-5-1-2-6-20(16)27/h1-2,5-8,11-13H,3-4,9-10,14-15H2/b22-11-. The fraction of sp³-hybridized carbons (Fsp3) is 0.240. The Balaban J connectivity index is 1.45. The Morgan fingerprint density at radius 2 is 1.88 bits per heavy atom. The number of carbonyl (C=O) groups is 3. The summed E-state index contributed by atoms with van der Waals surface area (Å²) in [5, 5.41) is 0.429. The third-order valence-electron chi connectivity index (χ3n) is 6.08. The minimum Gasteiger partial charge on any atom is -0.341 e. The third kappa shape index (κ3) is 4.42. The first-order valence-corrected chi connectivity index (χ1v) is 12.6. The van der Waals surface area contributed by atoms with Crippen molar-refractivity contribution in [1.82, 2.24) is 14.4 Å². The van der Waals surface area contributed by atoms with E-state index >= 15 is 0 Å². The van der Waals surface area contributed by atoms with E-state index in [1.807, 2.05) is 33.9 Å². The van der Waals surface area contributed by atoms with E-state index in [9.17, 15) is 18.8 Å². The van der Waals surface area contributed by atoms with Crippen molar-refractivity contribution in [1.29, 1.82) is 0 Å². The number of benzene rings is 2. The van der Waals surface area contributed by atoms with Crippen LogP contribution in [0.1, 0.15) is 24.0 Å². The van der Waals surface area contributed by atoms with Crippen LogP contribution >= 0.6 is 27.7 Å². The summed E-state index contributed by atoms with van der Waals surface area (Å²) in [5.74, 6) is -0.850. The normalized spacial score (nSPS) is 17.5. The molecule has 3 aromatic rings. The number of carbonyl (C=O) groups excluding carboxylic acids is 3. The first-order valence-electron chi connectivity index (χ1n) is 11.0. The number of thioether (sulfide) groups is 1. The Hall–Kier alpha value is -2.91. The lowest BCUT2D eigenvalue weighted by molar-refractivity contribution is -0.130. The number of hydrogen-bond donors (Lipinski definition) is 0. The van der Waals surface area contributed by atoms with Gasteiger partial charge < -0.3 is 9.47 Å². The predicted octanol–water partition coefficient (Wildman–Crippen LogP) is 5.40. The molecule has 3 amide bonds. The van der Waals surface area contributed by atoms with E-state index in [-0.39, 0.29) is 29.5 Å². The average molecular weight is 542 g/mol. The highest BCUT2D eigenvalue weighted by Crippen LogP contribution is 2.36. The Morgan fingerprint density at radius 1 is 1.12 bits per heavy atom. The Kier molecular flexibility index (Phi) is 6.31. The van der Waals surface area contributed by atoms with Crippen molar-refractivity contribution in [3.05, 3.63) is 75.0 Å². The van der Waals surface area contributed by atoms with Crippen LogP contribution in [0.2, 0.25) is 0 Å². The highest BCUT2D eigenvalue weighted by molar-refractivity contribution is 9.10. The van der Waals surface area contributed by atoms with Gasteiger partial charge in [-0.3, -0.25) is 19.3 Å². The maximum absolute atomic E-state index is 14.1. The Labute approximate surface area is 208 Å². The first-order chi connectivity index (χ1) is 16.4. The highest BCUT2D eigenvalue weighted by Gasteiger charge is 2.35. The van der Waals surface area contributed by atoms with Gasteiger partial charge in [0.05, 0.1) is 11.4 Å². The van der Waals surface area contributed by atoms with Crippen molar-refractivity contribution < 1.29 is 18.8 Å². The average Bonchev–Trinajstić information content (AvgIpc) is 3.52. The second-order valence-electron chi connectivity index (χ2n) is 8.32. The molecule has 34 heavy (non-hydrogen) atoms. The van der Waals surface area contributed by atoms with Gasteiger partial charge in [0.25, 0.3) is 11.1 Å². The zero-order valence-corrected chi connectivity index (χ0v) is 20.6. The van der Waals surface area contributed by atoms with E-state index < -0.39 is 17.0 Å². The highest BCUT2D eigenvalue weighted by atomic mass is 79.9. The van der Waals surface area contributed by atoms with Crippen LogP contribution in [-0.2, 0) is 22.7 Å². The summed E-state index contributed by atoms with van der Waals surface area (Å²) in [6.07, 6.45) is 5.58. The van der Waals surface area contributed by atoms with Crippen molar-refractivity contribution >= 4 is 61.7 Å². The molecule has 0 aliphatic carbocycles. The molecule has 0 unspecified atom stereocenters. The molecule has 0 saturated carbocycles. The van der Waals surface area contributed by atoms with Gasteiger partial charge in [0.15, 0.2) is 0 Å². The number of amides is 3. The van der Waals surface area contributed by atoms with Gasteiger partial charge in [-0.25, -0.2) is 4.39 Å². The maximum atomic E-state index is 14.1. The number of likely N-dealkylation sites (tertiary alicyclic amines) is 1. The number of imide groups is 1. The molecule has 2 aliphatic rings. The fourth-order valence-electron chi connectivity index (χ4n) is 4.33. The van der Waals surface area contributed by atoms with E-state index in [4.69, 9.17) is 0 Å². The zero-order valence-electron chi connectivity index (χ0n) is 18.2. The van der Waals surface area contributed by atoms with Gasteiger partial charge in [0, 0.05) is 45.8 Å². The molecule has 2 saturated heterocycles. The molecule has 9 heteroatoms. The smallest absolute Gasteiger partial charge is 0.293 e. The molecule has 0 radical (unpaired) electrons. The SMILES string of the molecule is O=C(Cn1cc(/C=C2\SC(=O)N(Cc3ccccc3F)C2=O)c2cc(Br)ccc21)N1CCCC1. The summed E-state index contributed by atoms with van der Waals surface area (Å²) in [5.41, 5.74) is 1.89. The molecule has 2 aromatic carbocycles. The van der Waals surface area contributed by atoms with Crippen LogP contribution in [0.3, 0.4) is 0 Å². The lowest BCUT2D eigenvalue weighted by atomic mass is 10.1. The lowest BCUT2D eigenvalue weighted by Crippen LogP contribution is -2.30. The molecule has 174 valence electrons. The van der Waals surface area contributed by atoms with E-state index in [2.05, 4.69) is 15.9 Å². The predicted molar refractivity (Wildman–Crippen MR) is 133 cm³/mol. The van der Waals surface area contributed by atoms with Gasteiger partial charge in [0.2, 0.25) is 5.91 Å². The topological polar surface area (TPSA) is 62.6 Å². The first kappa shape index (κ1) is 22.9. The Morgan fingerprint density at radius 3 is 2.65 bits per heavy atom. The third-order valence-corrected chi connectivity index (χ3v) is 7.49. The quantitative estimate of drug-likeness (QED) is 0.405. The molecule has 3 heterocycles. The molecule has 0 atom stereocenters. The van der Waals surface area contributed by atoms with Crippen LogP contribution in [0.5, 0.6) is 0 Å². The van der Waals surface area contributed by atoms with Gasteiger partial charge in [-0.15, -0.1) is 0 Å². The van der Waals surface area contributed by atoms with Gasteiger partial charge in [-0.1, -0.05) is 34.1 Å². The second kappa shape index (κ2) is 9.38. The van der Waals surface area contributed by atoms with E-state index in [1.165, 1.54) is 6.07 Å². The molecular formula is C25H21BrFN3O3S. The van der Waals surface area contributed by atoms with E-state index in [0.29, 0.717) is 0 Å². The van der Waals surface area contributed by atoms with Crippen molar-refractivity contribution in [2.75, 3.05) is 13.1 Å². The van der Waals surface area contributed by atoms with Crippen LogP contribution in [0, 0.1) is 5.82 Å². The fourth-order valence-corrected chi connectivity index (χ4v) is 5.52. The molecule has 5 rings (SSSR count). The van der Waals surface area contributed by atoms with Crippen LogP contribution in [0.15, 0.2) is 58.0 Å². The summed E-state index contributed by atoms with van der Waals surface area (Å²) in [4.78, 5) is 41.5. The van der Waals surface area contributed by atoms with Crippen molar-refractivity contribution in [2.45, 2.75) is 25.9 Å². The van der Waals surface area contributed by atoms with Gasteiger partial charge in [0.1, 0.15) is 12.4 Å². The van der Waals surface area contributed by atoms with Crippen LogP contribution in [-0.4, -0.2) is 44.5 Å². The van der Waals surface area contributed by atoms with Crippen LogP contribution < -0.4 is 0 Å². The number of rotatable bonds is 5. The second-order valence-corrected chi connectivity index (χ2v) is 10.2. The molecular weight excluding hydrogens is 521 g/mol. The molecule has 0 bridgehead atoms. The van der Waals surface area contributed by atoms with Crippen LogP contribution in [0.4, 0.5) is 9.18 Å². The van der Waals surface area contributed by atoms with Gasteiger partial charge in [-0.2, -0.15) is 0 Å². The van der Waals surface area contributed by atoms with Crippen LogP contribution in [0.25, 0.3) is 17.0 Å². The molecule has 0 N–H and O–H groups in total. The molecule has 6 nitrogen and oxygen atoms in total. The number of nitrogens with zero attached hydrogens (tertiary/aromatic N) is 3. The molecule has 2 fully saturated rings. The zero-order chi connectivity index (χ0) is 23.8. The largest absolute Gasteiger partial charge is 0.341 e. The summed E-state index contributed by atoms with van der Waals surface area (Å²) in [7, 11) is 0. The van der Waals surface area contributed by atoms with E-state index in [0.717, 1.165) is 63.5 Å². The van der Waals surface area contributed by atoms with Crippen molar-refractivity contribution in [3.63, 3.8) is 0 Å². The van der Waals surface area contributed by atoms with Crippen molar-refractivity contribution in [2.24, 2.45) is 0 Å². The summed E-state index contributed by atoms with van der Waals surface area (Å²) < 4.78 is 16.8. The summed E-state index contributed by atoms with van der Waals surface area (Å²) >= 11 is 4.33. The molecule has 2 aliphatic heterocycles. The molecule has 0 spiro atoms. The minimum absolute atomic E-state index is 0.0640. The lowest BCUT2D eigenvalue weighted by Gasteiger charge is -2.16. The van der Waals surface area contributed by atoms with Crippen molar-refractivity contribution in [3.8, 4) is 0 Å².